The summed E-state index contributed by atoms with van der Waals surface area (Å²) >= 11 is 0. The summed E-state index contributed by atoms with van der Waals surface area (Å²) in [6, 6.07) is 10.6. The van der Waals surface area contributed by atoms with Crippen molar-refractivity contribution in [2.75, 3.05) is 57.3 Å². The number of anilines is 2. The molecule has 5 rings (SSSR count). The number of fused-ring (bicyclic) bond motifs is 1. The lowest BCUT2D eigenvalue weighted by Gasteiger charge is -2.36. The molecule has 2 aromatic carbocycles. The van der Waals surface area contributed by atoms with Crippen molar-refractivity contribution in [1.82, 2.24) is 9.97 Å². The molecule has 0 bridgehead atoms. The summed E-state index contributed by atoms with van der Waals surface area (Å²) in [5.74, 6) is 1.99. The van der Waals surface area contributed by atoms with E-state index in [0.717, 1.165) is 11.3 Å². The Balaban J connectivity index is 1.40. The zero-order valence-electron chi connectivity index (χ0n) is 21.6. The van der Waals surface area contributed by atoms with Crippen molar-refractivity contribution in [2.24, 2.45) is 0 Å². The molecule has 3 aromatic rings. The van der Waals surface area contributed by atoms with Crippen LogP contribution in [-0.4, -0.2) is 63.3 Å². The number of methoxy groups -OCH3 is 3. The number of halogens is 1. The topological polar surface area (TPSA) is 77.0 Å². The van der Waals surface area contributed by atoms with Crippen LogP contribution < -0.4 is 24.0 Å². The average Bonchev–Trinajstić information content (AvgIpc) is 2.92. The Morgan fingerprint density at radius 2 is 1.54 bits per heavy atom. The van der Waals surface area contributed by atoms with E-state index in [1.54, 1.807) is 33.5 Å². The van der Waals surface area contributed by atoms with Crippen LogP contribution >= 0.6 is 0 Å². The average molecular weight is 507 g/mol. The van der Waals surface area contributed by atoms with Gasteiger partial charge in [0.25, 0.3) is 0 Å². The highest BCUT2D eigenvalue weighted by Crippen LogP contribution is 2.43. The predicted molar refractivity (Wildman–Crippen MR) is 139 cm³/mol. The van der Waals surface area contributed by atoms with Crippen LogP contribution in [0.5, 0.6) is 17.2 Å². The monoisotopic (exact) mass is 506 g/mol. The zero-order valence-corrected chi connectivity index (χ0v) is 21.6. The molecule has 8 nitrogen and oxygen atoms in total. The van der Waals surface area contributed by atoms with Gasteiger partial charge in [0.05, 0.1) is 44.0 Å². The number of piperazine rings is 1. The van der Waals surface area contributed by atoms with E-state index >= 15 is 0 Å². The molecule has 194 valence electrons. The molecule has 2 aliphatic rings. The number of benzene rings is 2. The third-order valence-corrected chi connectivity index (χ3v) is 7.22. The van der Waals surface area contributed by atoms with Gasteiger partial charge in [0.2, 0.25) is 11.7 Å². The maximum Gasteiger partial charge on any atom is 0.225 e. The largest absolute Gasteiger partial charge is 0.493 e. The van der Waals surface area contributed by atoms with E-state index in [2.05, 4.69) is 4.90 Å². The van der Waals surface area contributed by atoms with Crippen molar-refractivity contribution in [3.63, 3.8) is 0 Å². The van der Waals surface area contributed by atoms with E-state index in [1.165, 1.54) is 6.07 Å². The number of carbonyl (C=O) groups excluding carboxylic acids is 1. The molecule has 1 saturated heterocycles. The normalized spacial score (nSPS) is 17.4. The van der Waals surface area contributed by atoms with Gasteiger partial charge in [0, 0.05) is 32.6 Å². The first-order valence-corrected chi connectivity index (χ1v) is 12.4. The molecule has 0 N–H and O–H groups in total. The van der Waals surface area contributed by atoms with Crippen molar-refractivity contribution >= 4 is 17.4 Å². The van der Waals surface area contributed by atoms with Crippen LogP contribution in [0, 0.1) is 12.7 Å². The molecule has 0 amide bonds. The van der Waals surface area contributed by atoms with Gasteiger partial charge >= 0.3 is 0 Å². The smallest absolute Gasteiger partial charge is 0.225 e. The minimum absolute atomic E-state index is 0.0356. The summed E-state index contributed by atoms with van der Waals surface area (Å²) in [5, 5.41) is 0. The number of Topliss-reactive ketones (excluding diaryl/α,β-unsaturated/α-hetero) is 1. The van der Waals surface area contributed by atoms with Crippen LogP contribution in [0.15, 0.2) is 36.4 Å². The Kier molecular flexibility index (Phi) is 6.86. The highest BCUT2D eigenvalue weighted by atomic mass is 19.1. The van der Waals surface area contributed by atoms with Gasteiger partial charge in [-0.3, -0.25) is 4.79 Å². The first-order chi connectivity index (χ1) is 17.9. The summed E-state index contributed by atoms with van der Waals surface area (Å²) in [7, 11) is 4.73. The first kappa shape index (κ1) is 24.8. The molecule has 0 unspecified atom stereocenters. The van der Waals surface area contributed by atoms with Crippen molar-refractivity contribution in [3.8, 4) is 17.2 Å². The maximum absolute atomic E-state index is 14.3. The molecule has 1 aliphatic carbocycles. The third kappa shape index (κ3) is 4.65. The standard InChI is InChI=1S/C28H31FN4O4/c1-17-26-21(13-18(14-23(26)34)19-15-24(35-2)27(37-4)25(16-19)36-3)31-28(30-17)33-11-9-32(10-12-33)22-8-6-5-7-20(22)29/h5-8,15-16,18H,9-14H2,1-4H3/t18-/m1/s1. The fourth-order valence-electron chi connectivity index (χ4n) is 5.33. The molecule has 37 heavy (non-hydrogen) atoms. The SMILES string of the molecule is COc1cc([C@H]2CC(=O)c3c(C)nc(N4CCN(c5ccccc5F)CC4)nc3C2)cc(OC)c1OC. The fourth-order valence-corrected chi connectivity index (χ4v) is 5.33. The summed E-state index contributed by atoms with van der Waals surface area (Å²) in [5.41, 5.74) is 3.63. The van der Waals surface area contributed by atoms with Crippen molar-refractivity contribution < 1.29 is 23.4 Å². The van der Waals surface area contributed by atoms with Crippen molar-refractivity contribution in [2.45, 2.75) is 25.7 Å². The quantitative estimate of drug-likeness (QED) is 0.493. The second-order valence-electron chi connectivity index (χ2n) is 9.34. The molecule has 1 fully saturated rings. The number of rotatable bonds is 6. The van der Waals surface area contributed by atoms with E-state index in [-0.39, 0.29) is 17.5 Å². The number of hydrogen-bond acceptors (Lipinski definition) is 8. The van der Waals surface area contributed by atoms with Crippen LogP contribution in [0.25, 0.3) is 0 Å². The number of para-hydroxylation sites is 1. The highest BCUT2D eigenvalue weighted by Gasteiger charge is 2.32. The van der Waals surface area contributed by atoms with Gasteiger partial charge in [0.15, 0.2) is 17.3 Å². The third-order valence-electron chi connectivity index (χ3n) is 7.22. The number of ether oxygens (including phenoxy) is 3. The molecular weight excluding hydrogens is 475 g/mol. The lowest BCUT2D eigenvalue weighted by Crippen LogP contribution is -2.47. The summed E-state index contributed by atoms with van der Waals surface area (Å²) in [6.45, 7) is 4.52. The number of aryl methyl sites for hydroxylation is 1. The molecular formula is C28H31FN4O4. The minimum atomic E-state index is -0.215. The molecule has 0 radical (unpaired) electrons. The summed E-state index contributed by atoms with van der Waals surface area (Å²) in [4.78, 5) is 26.9. The Hall–Kier alpha value is -3.88. The molecule has 1 aliphatic heterocycles. The van der Waals surface area contributed by atoms with Gasteiger partial charge < -0.3 is 24.0 Å². The van der Waals surface area contributed by atoms with Crippen LogP contribution in [0.3, 0.4) is 0 Å². The first-order valence-electron chi connectivity index (χ1n) is 12.4. The lowest BCUT2D eigenvalue weighted by atomic mass is 9.81. The van der Waals surface area contributed by atoms with Gasteiger partial charge in [-0.05, 0) is 49.1 Å². The van der Waals surface area contributed by atoms with Gasteiger partial charge in [-0.25, -0.2) is 14.4 Å². The molecule has 0 spiro atoms. The van der Waals surface area contributed by atoms with Crippen LogP contribution in [-0.2, 0) is 6.42 Å². The predicted octanol–water partition coefficient (Wildman–Crippen LogP) is 4.19. The Bertz CT molecular complexity index is 1300. The highest BCUT2D eigenvalue weighted by molar-refractivity contribution is 5.99. The number of ketones is 1. The Labute approximate surface area is 216 Å². The molecule has 0 saturated carbocycles. The van der Waals surface area contributed by atoms with Gasteiger partial charge in [-0.1, -0.05) is 12.1 Å². The fraction of sp³-hybridized carbons (Fsp3) is 0.393. The molecule has 9 heteroatoms. The van der Waals surface area contributed by atoms with Gasteiger partial charge in [-0.15, -0.1) is 0 Å². The lowest BCUT2D eigenvalue weighted by molar-refractivity contribution is 0.0961. The van der Waals surface area contributed by atoms with Crippen LogP contribution in [0.4, 0.5) is 16.0 Å². The van der Waals surface area contributed by atoms with Crippen LogP contribution in [0.2, 0.25) is 0 Å². The summed E-state index contributed by atoms with van der Waals surface area (Å²) < 4.78 is 30.7. The minimum Gasteiger partial charge on any atom is -0.493 e. The maximum atomic E-state index is 14.3. The number of hydrogen-bond donors (Lipinski definition) is 0. The van der Waals surface area contributed by atoms with Crippen LogP contribution in [0.1, 0.15) is 39.6 Å². The summed E-state index contributed by atoms with van der Waals surface area (Å²) in [6.07, 6.45) is 0.960. The van der Waals surface area contributed by atoms with Crippen molar-refractivity contribution in [1.29, 1.82) is 0 Å². The second kappa shape index (κ2) is 10.2. The molecule has 1 atom stereocenters. The number of carbonyl (C=O) groups is 1. The Morgan fingerprint density at radius 3 is 2.16 bits per heavy atom. The van der Waals surface area contributed by atoms with Gasteiger partial charge in [0.1, 0.15) is 5.82 Å². The van der Waals surface area contributed by atoms with Crippen molar-refractivity contribution in [3.05, 3.63) is 64.7 Å². The molecule has 1 aromatic heterocycles. The number of nitrogens with zero attached hydrogens (tertiary/aromatic N) is 4. The van der Waals surface area contributed by atoms with E-state index < -0.39 is 0 Å². The molecule has 2 heterocycles. The second-order valence-corrected chi connectivity index (χ2v) is 9.34. The number of aromatic nitrogens is 2. The van der Waals surface area contributed by atoms with E-state index in [0.29, 0.717) is 79.2 Å². The van der Waals surface area contributed by atoms with E-state index in [9.17, 15) is 9.18 Å². The Morgan fingerprint density at radius 1 is 0.892 bits per heavy atom. The van der Waals surface area contributed by atoms with Gasteiger partial charge in [-0.2, -0.15) is 0 Å². The zero-order chi connectivity index (χ0) is 26.1. The van der Waals surface area contributed by atoms with E-state index in [4.69, 9.17) is 24.2 Å². The van der Waals surface area contributed by atoms with E-state index in [1.807, 2.05) is 30.0 Å².